The average Bonchev–Trinajstić information content (AvgIpc) is 2.34. The van der Waals surface area contributed by atoms with Gasteiger partial charge in [-0.05, 0) is 37.6 Å². The molecule has 2 nitrogen and oxygen atoms in total. The summed E-state index contributed by atoms with van der Waals surface area (Å²) >= 11 is 0. The van der Waals surface area contributed by atoms with Crippen molar-refractivity contribution in [2.75, 3.05) is 20.2 Å². The molecule has 0 unspecified atom stereocenters. The predicted octanol–water partition coefficient (Wildman–Crippen LogP) is 3.02. The van der Waals surface area contributed by atoms with Crippen LogP contribution in [0, 0.1) is 0 Å². The number of hydrogen-bond acceptors (Lipinski definition) is 2. The maximum absolute atomic E-state index is 5.31. The minimum atomic E-state index is 0.998. The van der Waals surface area contributed by atoms with Crippen LogP contribution in [0.15, 0.2) is 24.3 Å². The summed E-state index contributed by atoms with van der Waals surface area (Å²) in [6.45, 7) is 4.39. The standard InChI is InChI=1S/C14H23NO/c1-3-4-7-11-15-12-10-13-8-5-6-9-14(13)16-2/h5-6,8-9,15H,3-4,7,10-12H2,1-2H3. The molecule has 0 aliphatic carbocycles. The van der Waals surface area contributed by atoms with Crippen molar-refractivity contribution in [2.45, 2.75) is 32.6 Å². The first-order valence-electron chi connectivity index (χ1n) is 6.21. The van der Waals surface area contributed by atoms with E-state index in [0.29, 0.717) is 0 Å². The highest BCUT2D eigenvalue weighted by atomic mass is 16.5. The van der Waals surface area contributed by atoms with Gasteiger partial charge in [0.1, 0.15) is 5.75 Å². The van der Waals surface area contributed by atoms with E-state index in [-0.39, 0.29) is 0 Å². The molecule has 16 heavy (non-hydrogen) atoms. The van der Waals surface area contributed by atoms with Crippen molar-refractivity contribution in [1.29, 1.82) is 0 Å². The van der Waals surface area contributed by atoms with Crippen LogP contribution in [-0.2, 0) is 6.42 Å². The van der Waals surface area contributed by atoms with Crippen molar-refractivity contribution in [3.05, 3.63) is 29.8 Å². The Balaban J connectivity index is 2.21. The van der Waals surface area contributed by atoms with Crippen molar-refractivity contribution >= 4 is 0 Å². The highest BCUT2D eigenvalue weighted by molar-refractivity contribution is 5.33. The van der Waals surface area contributed by atoms with E-state index < -0.39 is 0 Å². The van der Waals surface area contributed by atoms with E-state index in [2.05, 4.69) is 24.4 Å². The Kier molecular flexibility index (Phi) is 6.66. The van der Waals surface area contributed by atoms with Crippen molar-refractivity contribution in [2.24, 2.45) is 0 Å². The first kappa shape index (κ1) is 13.0. The molecule has 1 aromatic carbocycles. The molecule has 1 aromatic rings. The fourth-order valence-corrected chi connectivity index (χ4v) is 1.76. The second kappa shape index (κ2) is 8.17. The maximum atomic E-state index is 5.31. The summed E-state index contributed by atoms with van der Waals surface area (Å²) in [5.41, 5.74) is 1.29. The molecule has 1 rings (SSSR count). The Bertz CT molecular complexity index is 286. The molecule has 0 spiro atoms. The minimum Gasteiger partial charge on any atom is -0.496 e. The number of ether oxygens (including phenoxy) is 1. The van der Waals surface area contributed by atoms with Crippen LogP contribution in [0.3, 0.4) is 0 Å². The van der Waals surface area contributed by atoms with Gasteiger partial charge in [-0.25, -0.2) is 0 Å². The Morgan fingerprint density at radius 3 is 2.69 bits per heavy atom. The van der Waals surface area contributed by atoms with Gasteiger partial charge in [0.15, 0.2) is 0 Å². The van der Waals surface area contributed by atoms with E-state index in [9.17, 15) is 0 Å². The highest BCUT2D eigenvalue weighted by Crippen LogP contribution is 2.17. The Labute approximate surface area is 99.0 Å². The van der Waals surface area contributed by atoms with Crippen LogP contribution in [0.4, 0.5) is 0 Å². The minimum absolute atomic E-state index is 0.998. The molecule has 1 N–H and O–H groups in total. The van der Waals surface area contributed by atoms with Gasteiger partial charge in [-0.15, -0.1) is 0 Å². The molecule has 0 aliphatic rings. The van der Waals surface area contributed by atoms with E-state index >= 15 is 0 Å². The normalized spacial score (nSPS) is 10.4. The highest BCUT2D eigenvalue weighted by Gasteiger charge is 2.00. The Hall–Kier alpha value is -1.02. The van der Waals surface area contributed by atoms with Gasteiger partial charge in [-0.2, -0.15) is 0 Å². The molecule has 0 amide bonds. The van der Waals surface area contributed by atoms with Crippen LogP contribution in [0.2, 0.25) is 0 Å². The van der Waals surface area contributed by atoms with Crippen LogP contribution < -0.4 is 10.1 Å². The monoisotopic (exact) mass is 221 g/mol. The van der Waals surface area contributed by atoms with E-state index in [1.165, 1.54) is 24.8 Å². The molecule has 0 atom stereocenters. The Morgan fingerprint density at radius 1 is 1.12 bits per heavy atom. The largest absolute Gasteiger partial charge is 0.496 e. The summed E-state index contributed by atoms with van der Waals surface area (Å²) in [5, 5.41) is 3.46. The summed E-state index contributed by atoms with van der Waals surface area (Å²) in [6.07, 6.45) is 4.93. The molecule has 0 bridgehead atoms. The lowest BCUT2D eigenvalue weighted by molar-refractivity contribution is 0.409. The third kappa shape index (κ3) is 4.67. The lowest BCUT2D eigenvalue weighted by atomic mass is 10.1. The van der Waals surface area contributed by atoms with Gasteiger partial charge in [0.25, 0.3) is 0 Å². The summed E-state index contributed by atoms with van der Waals surface area (Å²) in [7, 11) is 1.73. The number of rotatable bonds is 8. The second-order valence-corrected chi connectivity index (χ2v) is 4.02. The quantitative estimate of drug-likeness (QED) is 0.681. The van der Waals surface area contributed by atoms with E-state index in [4.69, 9.17) is 4.74 Å². The zero-order valence-electron chi connectivity index (χ0n) is 10.5. The van der Waals surface area contributed by atoms with Crippen molar-refractivity contribution in [3.63, 3.8) is 0 Å². The molecule has 0 aliphatic heterocycles. The summed E-state index contributed by atoms with van der Waals surface area (Å²) in [4.78, 5) is 0. The average molecular weight is 221 g/mol. The van der Waals surface area contributed by atoms with Gasteiger partial charge in [0, 0.05) is 0 Å². The number of unbranched alkanes of at least 4 members (excludes halogenated alkanes) is 2. The summed E-state index contributed by atoms with van der Waals surface area (Å²) < 4.78 is 5.31. The van der Waals surface area contributed by atoms with Crippen molar-refractivity contribution in [1.82, 2.24) is 5.32 Å². The lowest BCUT2D eigenvalue weighted by Gasteiger charge is -2.08. The maximum Gasteiger partial charge on any atom is 0.122 e. The molecule has 0 aromatic heterocycles. The predicted molar refractivity (Wildman–Crippen MR) is 69.1 cm³/mol. The molecule has 0 saturated carbocycles. The fourth-order valence-electron chi connectivity index (χ4n) is 1.76. The first-order chi connectivity index (χ1) is 7.88. The summed E-state index contributed by atoms with van der Waals surface area (Å²) in [5.74, 6) is 0.998. The Morgan fingerprint density at radius 2 is 1.94 bits per heavy atom. The summed E-state index contributed by atoms with van der Waals surface area (Å²) in [6, 6.07) is 8.23. The van der Waals surface area contributed by atoms with Gasteiger partial charge < -0.3 is 10.1 Å². The first-order valence-corrected chi connectivity index (χ1v) is 6.21. The molecular formula is C14H23NO. The van der Waals surface area contributed by atoms with Crippen LogP contribution in [-0.4, -0.2) is 20.2 Å². The van der Waals surface area contributed by atoms with Crippen LogP contribution in [0.5, 0.6) is 5.75 Å². The molecular weight excluding hydrogens is 198 g/mol. The smallest absolute Gasteiger partial charge is 0.122 e. The zero-order valence-corrected chi connectivity index (χ0v) is 10.5. The number of nitrogens with one attached hydrogen (secondary N) is 1. The van der Waals surface area contributed by atoms with Crippen molar-refractivity contribution < 1.29 is 4.74 Å². The van der Waals surface area contributed by atoms with Gasteiger partial charge in [-0.3, -0.25) is 0 Å². The van der Waals surface area contributed by atoms with Crippen molar-refractivity contribution in [3.8, 4) is 5.75 Å². The van der Waals surface area contributed by atoms with Gasteiger partial charge in [0.2, 0.25) is 0 Å². The van der Waals surface area contributed by atoms with Gasteiger partial charge in [0.05, 0.1) is 7.11 Å². The topological polar surface area (TPSA) is 21.3 Å². The molecule has 90 valence electrons. The van der Waals surface area contributed by atoms with Gasteiger partial charge in [-0.1, -0.05) is 38.0 Å². The van der Waals surface area contributed by atoms with E-state index in [1.54, 1.807) is 7.11 Å². The molecule has 0 saturated heterocycles. The van der Waals surface area contributed by atoms with Crippen LogP contribution in [0.25, 0.3) is 0 Å². The number of hydrogen-bond donors (Lipinski definition) is 1. The molecule has 0 radical (unpaired) electrons. The number of para-hydroxylation sites is 1. The molecule has 0 heterocycles. The third-order valence-electron chi connectivity index (χ3n) is 2.72. The number of benzene rings is 1. The van der Waals surface area contributed by atoms with E-state index in [0.717, 1.165) is 25.3 Å². The second-order valence-electron chi connectivity index (χ2n) is 4.02. The van der Waals surface area contributed by atoms with Gasteiger partial charge >= 0.3 is 0 Å². The SMILES string of the molecule is CCCCCNCCc1ccccc1OC. The number of methoxy groups -OCH3 is 1. The fraction of sp³-hybridized carbons (Fsp3) is 0.571. The van der Waals surface area contributed by atoms with Crippen LogP contribution in [0.1, 0.15) is 31.7 Å². The zero-order chi connectivity index (χ0) is 11.6. The molecule has 0 fully saturated rings. The van der Waals surface area contributed by atoms with Crippen LogP contribution >= 0.6 is 0 Å². The third-order valence-corrected chi connectivity index (χ3v) is 2.72. The lowest BCUT2D eigenvalue weighted by Crippen LogP contribution is -2.18. The molecule has 2 heteroatoms. The van der Waals surface area contributed by atoms with E-state index in [1.807, 2.05) is 12.1 Å².